The molecule has 0 bridgehead atoms. The van der Waals surface area contributed by atoms with E-state index >= 15 is 0 Å². The lowest BCUT2D eigenvalue weighted by molar-refractivity contribution is -0.135. The molecular formula is C16H21N3O3S. The largest absolute Gasteiger partial charge is 0.367 e. The van der Waals surface area contributed by atoms with Crippen LogP contribution >= 0.6 is 11.3 Å². The van der Waals surface area contributed by atoms with Crippen LogP contribution in [0.3, 0.4) is 0 Å². The van der Waals surface area contributed by atoms with Crippen molar-refractivity contribution in [1.29, 1.82) is 0 Å². The van der Waals surface area contributed by atoms with Gasteiger partial charge in [-0.1, -0.05) is 18.1 Å². The molecule has 124 valence electrons. The Balaban J connectivity index is 1.48. The van der Waals surface area contributed by atoms with Crippen LogP contribution in [0.5, 0.6) is 0 Å². The highest BCUT2D eigenvalue weighted by molar-refractivity contribution is 7.10. The highest BCUT2D eigenvalue weighted by atomic mass is 32.1. The van der Waals surface area contributed by atoms with Gasteiger partial charge >= 0.3 is 0 Å². The normalized spacial score (nSPS) is 18.3. The van der Waals surface area contributed by atoms with Crippen LogP contribution in [0.2, 0.25) is 0 Å². The summed E-state index contributed by atoms with van der Waals surface area (Å²) in [5.74, 6) is 1.37. The molecule has 1 aliphatic rings. The molecule has 1 fully saturated rings. The fourth-order valence-electron chi connectivity index (χ4n) is 2.66. The predicted octanol–water partition coefficient (Wildman–Crippen LogP) is 2.44. The maximum Gasteiger partial charge on any atom is 0.252 e. The molecule has 23 heavy (non-hydrogen) atoms. The van der Waals surface area contributed by atoms with Crippen LogP contribution in [0, 0.1) is 0 Å². The number of nitrogens with zero attached hydrogens (tertiary/aromatic N) is 3. The van der Waals surface area contributed by atoms with Gasteiger partial charge in [-0.25, -0.2) is 0 Å². The highest BCUT2D eigenvalue weighted by Crippen LogP contribution is 2.17. The molecule has 2 aromatic rings. The molecule has 3 rings (SSSR count). The minimum absolute atomic E-state index is 0.0352. The number of likely N-dealkylation sites (tertiary alicyclic amines) is 1. The lowest BCUT2D eigenvalue weighted by Crippen LogP contribution is -2.43. The van der Waals surface area contributed by atoms with E-state index in [9.17, 15) is 4.79 Å². The molecule has 1 atom stereocenters. The second kappa shape index (κ2) is 7.70. The molecule has 1 unspecified atom stereocenters. The van der Waals surface area contributed by atoms with Crippen LogP contribution in [0.4, 0.5) is 0 Å². The number of rotatable bonds is 6. The van der Waals surface area contributed by atoms with Crippen molar-refractivity contribution < 1.29 is 14.1 Å². The quantitative estimate of drug-likeness (QED) is 0.811. The number of aromatic nitrogens is 2. The molecule has 1 saturated heterocycles. The third-order valence-corrected chi connectivity index (χ3v) is 4.78. The van der Waals surface area contributed by atoms with Crippen LogP contribution in [0.1, 0.15) is 36.4 Å². The number of carbonyl (C=O) groups excluding carboxylic acids is 1. The number of carbonyl (C=O) groups is 1. The smallest absolute Gasteiger partial charge is 0.252 e. The Kier molecular flexibility index (Phi) is 5.40. The van der Waals surface area contributed by atoms with Crippen molar-refractivity contribution in [3.63, 3.8) is 0 Å². The Labute approximate surface area is 139 Å². The predicted molar refractivity (Wildman–Crippen MR) is 86.1 cm³/mol. The van der Waals surface area contributed by atoms with Gasteiger partial charge in [-0.15, -0.1) is 11.3 Å². The number of aryl methyl sites for hydroxylation is 1. The number of hydrogen-bond acceptors (Lipinski definition) is 6. The fraction of sp³-hybridized carbons (Fsp3) is 0.562. The van der Waals surface area contributed by atoms with Gasteiger partial charge in [-0.05, 0) is 24.3 Å². The first kappa shape index (κ1) is 16.1. The van der Waals surface area contributed by atoms with Gasteiger partial charge in [-0.2, -0.15) is 4.98 Å². The van der Waals surface area contributed by atoms with Gasteiger partial charge in [0, 0.05) is 24.4 Å². The van der Waals surface area contributed by atoms with Crippen molar-refractivity contribution >= 4 is 17.2 Å². The number of ether oxygens (including phenoxy) is 1. The molecule has 0 aliphatic carbocycles. The van der Waals surface area contributed by atoms with Crippen molar-refractivity contribution in [2.45, 2.75) is 45.3 Å². The SMILES string of the molecule is CCc1noc(COC2CCCN(C(=O)Cc3cccs3)C2)n1. The van der Waals surface area contributed by atoms with Gasteiger partial charge in [-0.3, -0.25) is 4.79 Å². The lowest BCUT2D eigenvalue weighted by atomic mass is 10.1. The Bertz CT molecular complexity index is 626. The first-order valence-corrected chi connectivity index (χ1v) is 8.85. The van der Waals surface area contributed by atoms with Gasteiger partial charge in [0.05, 0.1) is 12.5 Å². The maximum atomic E-state index is 12.4. The van der Waals surface area contributed by atoms with Crippen molar-refractivity contribution in [2.24, 2.45) is 0 Å². The zero-order chi connectivity index (χ0) is 16.1. The topological polar surface area (TPSA) is 68.5 Å². The molecule has 0 spiro atoms. The number of thiophene rings is 1. The summed E-state index contributed by atoms with van der Waals surface area (Å²) in [4.78, 5) is 19.6. The minimum Gasteiger partial charge on any atom is -0.367 e. The average molecular weight is 335 g/mol. The summed E-state index contributed by atoms with van der Waals surface area (Å²) in [6, 6.07) is 3.98. The highest BCUT2D eigenvalue weighted by Gasteiger charge is 2.24. The second-order valence-corrected chi connectivity index (χ2v) is 6.66. The summed E-state index contributed by atoms with van der Waals surface area (Å²) < 4.78 is 11.0. The van der Waals surface area contributed by atoms with E-state index in [1.54, 1.807) is 11.3 Å². The number of amides is 1. The van der Waals surface area contributed by atoms with Gasteiger partial charge in [0.25, 0.3) is 5.89 Å². The molecule has 6 nitrogen and oxygen atoms in total. The zero-order valence-electron chi connectivity index (χ0n) is 13.2. The first-order valence-electron chi connectivity index (χ1n) is 7.98. The van der Waals surface area contributed by atoms with Crippen LogP contribution in [-0.4, -0.2) is 40.1 Å². The van der Waals surface area contributed by atoms with Crippen LogP contribution < -0.4 is 0 Å². The Morgan fingerprint density at radius 1 is 1.57 bits per heavy atom. The van der Waals surface area contributed by atoms with E-state index in [1.165, 1.54) is 0 Å². The van der Waals surface area contributed by atoms with Crippen molar-refractivity contribution in [2.75, 3.05) is 13.1 Å². The summed E-state index contributed by atoms with van der Waals surface area (Å²) in [6.07, 6.45) is 3.18. The van der Waals surface area contributed by atoms with E-state index in [1.807, 2.05) is 29.3 Å². The summed E-state index contributed by atoms with van der Waals surface area (Å²) in [5.41, 5.74) is 0. The van der Waals surface area contributed by atoms with E-state index < -0.39 is 0 Å². The van der Waals surface area contributed by atoms with E-state index in [-0.39, 0.29) is 12.0 Å². The molecule has 0 N–H and O–H groups in total. The van der Waals surface area contributed by atoms with Gasteiger partial charge in [0.1, 0.15) is 6.61 Å². The van der Waals surface area contributed by atoms with Crippen molar-refractivity contribution in [3.8, 4) is 0 Å². The maximum absolute atomic E-state index is 12.4. The first-order chi connectivity index (χ1) is 11.2. The lowest BCUT2D eigenvalue weighted by Gasteiger charge is -2.32. The summed E-state index contributed by atoms with van der Waals surface area (Å²) in [5, 5.41) is 5.85. The Morgan fingerprint density at radius 2 is 2.48 bits per heavy atom. The fourth-order valence-corrected chi connectivity index (χ4v) is 3.35. The molecule has 0 aromatic carbocycles. The van der Waals surface area contributed by atoms with Crippen molar-refractivity contribution in [3.05, 3.63) is 34.1 Å². The summed E-state index contributed by atoms with van der Waals surface area (Å²) in [7, 11) is 0. The van der Waals surface area contributed by atoms with Crippen molar-refractivity contribution in [1.82, 2.24) is 15.0 Å². The van der Waals surface area contributed by atoms with Gasteiger partial charge < -0.3 is 14.2 Å². The molecule has 1 amide bonds. The van der Waals surface area contributed by atoms with Crippen LogP contribution in [-0.2, 0) is 29.0 Å². The molecule has 2 aromatic heterocycles. The van der Waals surface area contributed by atoms with Gasteiger partial charge in [0.2, 0.25) is 5.91 Å². The van der Waals surface area contributed by atoms with E-state index in [0.717, 1.165) is 30.7 Å². The molecule has 0 saturated carbocycles. The minimum atomic E-state index is 0.0352. The van der Waals surface area contributed by atoms with E-state index in [0.29, 0.717) is 31.3 Å². The summed E-state index contributed by atoms with van der Waals surface area (Å²) in [6.45, 7) is 3.74. The summed E-state index contributed by atoms with van der Waals surface area (Å²) >= 11 is 1.62. The third kappa shape index (κ3) is 4.39. The zero-order valence-corrected chi connectivity index (χ0v) is 14.1. The molecule has 7 heteroatoms. The van der Waals surface area contributed by atoms with Crippen LogP contribution in [0.25, 0.3) is 0 Å². The van der Waals surface area contributed by atoms with E-state index in [4.69, 9.17) is 9.26 Å². The third-order valence-electron chi connectivity index (χ3n) is 3.91. The number of hydrogen-bond donors (Lipinski definition) is 0. The standard InChI is InChI=1S/C16H21N3O3S/c1-2-14-17-15(22-18-14)11-21-12-5-3-7-19(10-12)16(20)9-13-6-4-8-23-13/h4,6,8,12H,2-3,5,7,9-11H2,1H3. The average Bonchev–Trinajstić information content (AvgIpc) is 3.24. The monoisotopic (exact) mass is 335 g/mol. The molecule has 3 heterocycles. The Morgan fingerprint density at radius 3 is 3.22 bits per heavy atom. The Hall–Kier alpha value is -1.73. The van der Waals surface area contributed by atoms with Gasteiger partial charge in [0.15, 0.2) is 5.82 Å². The second-order valence-electron chi connectivity index (χ2n) is 5.63. The molecular weight excluding hydrogens is 314 g/mol. The van der Waals surface area contributed by atoms with E-state index in [2.05, 4.69) is 10.1 Å². The van der Waals surface area contributed by atoms with Crippen LogP contribution in [0.15, 0.2) is 22.0 Å². The molecule has 0 radical (unpaired) electrons. The molecule has 1 aliphatic heterocycles. The number of piperidine rings is 1.